The van der Waals surface area contributed by atoms with E-state index in [9.17, 15) is 13.9 Å². The van der Waals surface area contributed by atoms with Crippen LogP contribution >= 0.6 is 0 Å². The van der Waals surface area contributed by atoms with Gasteiger partial charge >= 0.3 is 0 Å². The summed E-state index contributed by atoms with van der Waals surface area (Å²) in [5.41, 5.74) is -0.251. The Bertz CT molecular complexity index is 361. The van der Waals surface area contributed by atoms with Crippen molar-refractivity contribution in [2.75, 3.05) is 32.8 Å². The van der Waals surface area contributed by atoms with Crippen LogP contribution in [0.1, 0.15) is 11.7 Å². The highest BCUT2D eigenvalue weighted by Gasteiger charge is 2.21. The van der Waals surface area contributed by atoms with Gasteiger partial charge in [0.1, 0.15) is 11.6 Å². The summed E-state index contributed by atoms with van der Waals surface area (Å²) >= 11 is 0. The number of benzene rings is 1. The molecule has 5 heteroatoms. The van der Waals surface area contributed by atoms with E-state index < -0.39 is 17.7 Å². The van der Waals surface area contributed by atoms with Gasteiger partial charge in [-0.05, 0) is 12.1 Å². The zero-order valence-electron chi connectivity index (χ0n) is 9.40. The van der Waals surface area contributed by atoms with E-state index in [1.807, 2.05) is 4.90 Å². The van der Waals surface area contributed by atoms with Crippen LogP contribution in [0.4, 0.5) is 8.78 Å². The third-order valence-corrected chi connectivity index (χ3v) is 2.87. The molecule has 0 spiro atoms. The SMILES string of the molecule is OC(CN1CCOCC1)c1c(F)cccc1F. The zero-order chi connectivity index (χ0) is 12.3. The molecule has 1 atom stereocenters. The van der Waals surface area contributed by atoms with Crippen molar-refractivity contribution in [1.29, 1.82) is 0 Å². The quantitative estimate of drug-likeness (QED) is 0.869. The van der Waals surface area contributed by atoms with Gasteiger partial charge in [-0.2, -0.15) is 0 Å². The van der Waals surface area contributed by atoms with Crippen LogP contribution in [0.3, 0.4) is 0 Å². The van der Waals surface area contributed by atoms with Crippen LogP contribution in [0, 0.1) is 11.6 Å². The minimum atomic E-state index is -1.14. The Hall–Kier alpha value is -1.04. The molecule has 1 saturated heterocycles. The fraction of sp³-hybridized carbons (Fsp3) is 0.500. The predicted octanol–water partition coefficient (Wildman–Crippen LogP) is 1.33. The van der Waals surface area contributed by atoms with Crippen LogP contribution in [-0.2, 0) is 4.74 Å². The number of hydrogen-bond acceptors (Lipinski definition) is 3. The molecule has 2 rings (SSSR count). The summed E-state index contributed by atoms with van der Waals surface area (Å²) in [5, 5.41) is 9.87. The predicted molar refractivity (Wildman–Crippen MR) is 58.6 cm³/mol. The van der Waals surface area contributed by atoms with Crippen LogP contribution in [0.25, 0.3) is 0 Å². The minimum Gasteiger partial charge on any atom is -0.387 e. The zero-order valence-corrected chi connectivity index (χ0v) is 9.40. The van der Waals surface area contributed by atoms with Crippen LogP contribution in [0.15, 0.2) is 18.2 Å². The molecule has 1 heterocycles. The van der Waals surface area contributed by atoms with Crippen molar-refractivity contribution < 1.29 is 18.6 Å². The molecular formula is C12H15F2NO2. The van der Waals surface area contributed by atoms with Crippen LogP contribution in [-0.4, -0.2) is 42.9 Å². The summed E-state index contributed by atoms with van der Waals surface area (Å²) in [6.45, 7) is 2.75. The lowest BCUT2D eigenvalue weighted by Crippen LogP contribution is -2.39. The Morgan fingerprint density at radius 2 is 1.82 bits per heavy atom. The van der Waals surface area contributed by atoms with Crippen molar-refractivity contribution >= 4 is 0 Å². The monoisotopic (exact) mass is 243 g/mol. The Labute approximate surface area is 98.6 Å². The van der Waals surface area contributed by atoms with Gasteiger partial charge in [-0.1, -0.05) is 6.07 Å². The number of morpholine rings is 1. The first-order valence-corrected chi connectivity index (χ1v) is 5.60. The average Bonchev–Trinajstić information content (AvgIpc) is 2.30. The third-order valence-electron chi connectivity index (χ3n) is 2.87. The number of halogens is 2. The summed E-state index contributed by atoms with van der Waals surface area (Å²) in [6, 6.07) is 3.59. The Morgan fingerprint density at radius 1 is 1.24 bits per heavy atom. The molecule has 0 bridgehead atoms. The highest BCUT2D eigenvalue weighted by molar-refractivity contribution is 5.22. The second kappa shape index (κ2) is 5.53. The molecule has 3 nitrogen and oxygen atoms in total. The van der Waals surface area contributed by atoms with E-state index in [0.717, 1.165) is 12.1 Å². The number of rotatable bonds is 3. The van der Waals surface area contributed by atoms with Gasteiger partial charge in [-0.3, -0.25) is 4.90 Å². The van der Waals surface area contributed by atoms with Crippen LogP contribution in [0.5, 0.6) is 0 Å². The average molecular weight is 243 g/mol. The topological polar surface area (TPSA) is 32.7 Å². The molecule has 1 aromatic rings. The summed E-state index contributed by atoms with van der Waals surface area (Å²) in [6.07, 6.45) is -1.14. The van der Waals surface area contributed by atoms with Crippen molar-refractivity contribution in [2.24, 2.45) is 0 Å². The van der Waals surface area contributed by atoms with Gasteiger partial charge in [0.05, 0.1) is 24.9 Å². The largest absolute Gasteiger partial charge is 0.387 e. The molecular weight excluding hydrogens is 228 g/mol. The first-order valence-electron chi connectivity index (χ1n) is 5.60. The molecule has 1 aliphatic rings. The summed E-state index contributed by atoms with van der Waals surface area (Å²) in [7, 11) is 0. The van der Waals surface area contributed by atoms with Gasteiger partial charge in [0.2, 0.25) is 0 Å². The van der Waals surface area contributed by atoms with E-state index in [4.69, 9.17) is 4.74 Å². The molecule has 0 aliphatic carbocycles. The van der Waals surface area contributed by atoms with Gasteiger partial charge in [-0.25, -0.2) is 8.78 Å². The van der Waals surface area contributed by atoms with E-state index in [1.165, 1.54) is 6.07 Å². The molecule has 1 fully saturated rings. The molecule has 94 valence electrons. The molecule has 1 aliphatic heterocycles. The summed E-state index contributed by atoms with van der Waals surface area (Å²) in [4.78, 5) is 1.93. The van der Waals surface area contributed by atoms with Crippen molar-refractivity contribution in [3.8, 4) is 0 Å². The van der Waals surface area contributed by atoms with Crippen molar-refractivity contribution in [3.05, 3.63) is 35.4 Å². The molecule has 0 radical (unpaired) electrons. The lowest BCUT2D eigenvalue weighted by atomic mass is 10.1. The maximum atomic E-state index is 13.4. The number of aliphatic hydroxyl groups is 1. The molecule has 1 unspecified atom stereocenters. The van der Waals surface area contributed by atoms with Crippen LogP contribution < -0.4 is 0 Å². The Kier molecular flexibility index (Phi) is 4.04. The minimum absolute atomic E-state index is 0.223. The molecule has 0 aromatic heterocycles. The highest BCUT2D eigenvalue weighted by atomic mass is 19.1. The standard InChI is InChI=1S/C12H15F2NO2/c13-9-2-1-3-10(14)12(9)11(16)8-15-4-6-17-7-5-15/h1-3,11,16H,4-8H2. The Morgan fingerprint density at radius 3 is 2.41 bits per heavy atom. The lowest BCUT2D eigenvalue weighted by Gasteiger charge is -2.28. The first kappa shape index (κ1) is 12.4. The molecule has 17 heavy (non-hydrogen) atoms. The van der Waals surface area contributed by atoms with E-state index in [0.29, 0.717) is 26.3 Å². The number of aliphatic hydroxyl groups excluding tert-OH is 1. The third kappa shape index (κ3) is 3.00. The van der Waals surface area contributed by atoms with E-state index in [1.54, 1.807) is 0 Å². The summed E-state index contributed by atoms with van der Waals surface area (Å²) in [5.74, 6) is -1.41. The lowest BCUT2D eigenvalue weighted by molar-refractivity contribution is 0.0130. The number of hydrogen-bond donors (Lipinski definition) is 1. The normalized spacial score (nSPS) is 19.2. The second-order valence-corrected chi connectivity index (χ2v) is 4.06. The maximum Gasteiger partial charge on any atom is 0.131 e. The highest BCUT2D eigenvalue weighted by Crippen LogP contribution is 2.21. The smallest absolute Gasteiger partial charge is 0.131 e. The van der Waals surface area contributed by atoms with Gasteiger partial charge in [0, 0.05) is 19.6 Å². The maximum absolute atomic E-state index is 13.4. The molecule has 1 N–H and O–H groups in total. The molecule has 0 saturated carbocycles. The van der Waals surface area contributed by atoms with Crippen molar-refractivity contribution in [3.63, 3.8) is 0 Å². The fourth-order valence-electron chi connectivity index (χ4n) is 1.95. The van der Waals surface area contributed by atoms with Gasteiger partial charge < -0.3 is 9.84 Å². The molecule has 1 aromatic carbocycles. The molecule has 0 amide bonds. The van der Waals surface area contributed by atoms with Crippen molar-refractivity contribution in [2.45, 2.75) is 6.10 Å². The van der Waals surface area contributed by atoms with Gasteiger partial charge in [0.25, 0.3) is 0 Å². The summed E-state index contributed by atoms with van der Waals surface area (Å²) < 4.78 is 32.0. The fourth-order valence-corrected chi connectivity index (χ4v) is 1.95. The first-order chi connectivity index (χ1) is 8.18. The van der Waals surface area contributed by atoms with Gasteiger partial charge in [-0.15, -0.1) is 0 Å². The van der Waals surface area contributed by atoms with E-state index in [-0.39, 0.29) is 12.1 Å². The van der Waals surface area contributed by atoms with Gasteiger partial charge in [0.15, 0.2) is 0 Å². The van der Waals surface area contributed by atoms with E-state index >= 15 is 0 Å². The number of ether oxygens (including phenoxy) is 1. The number of β-amino-alcohol motifs (C(OH)–C–C–N with tert-alkyl or cyclic N) is 1. The van der Waals surface area contributed by atoms with Crippen LogP contribution in [0.2, 0.25) is 0 Å². The Balaban J connectivity index is 2.05. The number of nitrogens with zero attached hydrogens (tertiary/aromatic N) is 1. The second-order valence-electron chi connectivity index (χ2n) is 4.06. The van der Waals surface area contributed by atoms with Crippen molar-refractivity contribution in [1.82, 2.24) is 4.90 Å². The van der Waals surface area contributed by atoms with E-state index in [2.05, 4.69) is 0 Å².